The number of rotatable bonds is 1. The second-order valence-electron chi connectivity index (χ2n) is 1.60. The van der Waals surface area contributed by atoms with Crippen molar-refractivity contribution < 1.29 is 9.62 Å². The summed E-state index contributed by atoms with van der Waals surface area (Å²) in [4.78, 5) is 0. The molecule has 47 valence electrons. The topological polar surface area (TPSA) is 45.7 Å². The maximum atomic E-state index is 8.02. The predicted octanol–water partition coefficient (Wildman–Crippen LogP) is 1.27. The fourth-order valence-corrected chi connectivity index (χ4v) is 0.519. The van der Waals surface area contributed by atoms with E-state index in [2.05, 4.69) is 12.1 Å². The van der Waals surface area contributed by atoms with Gasteiger partial charge >= 0.3 is 0 Å². The van der Waals surface area contributed by atoms with Crippen LogP contribution in [0.2, 0.25) is 0 Å². The molecule has 0 saturated heterocycles. The summed E-state index contributed by atoms with van der Waals surface area (Å²) in [5.41, 5.74) is 0.768. The van der Waals surface area contributed by atoms with Crippen LogP contribution in [0.15, 0.2) is 21.9 Å². The van der Waals surface area contributed by atoms with Gasteiger partial charge in [-0.3, -0.25) is 0 Å². The van der Waals surface area contributed by atoms with Gasteiger partial charge in [0.25, 0.3) is 0 Å². The first kappa shape index (κ1) is 5.88. The van der Waals surface area contributed by atoms with E-state index in [-0.39, 0.29) is 0 Å². The molecule has 0 bridgehead atoms. The molecule has 0 saturated carbocycles. The van der Waals surface area contributed by atoms with Gasteiger partial charge in [0.05, 0.1) is 6.26 Å². The van der Waals surface area contributed by atoms with Crippen LogP contribution >= 0.6 is 0 Å². The summed E-state index contributed by atoms with van der Waals surface area (Å²) in [6, 6.07) is 1.67. The number of hydrogen-bond donors (Lipinski definition) is 1. The summed E-state index contributed by atoms with van der Waals surface area (Å²) in [6.07, 6.45) is 2.69. The molecule has 0 unspecified atom stereocenters. The zero-order valence-corrected chi connectivity index (χ0v) is 4.74. The molecular formula is C6H6NO2. The lowest BCUT2D eigenvalue weighted by molar-refractivity contribution is 0.320. The van der Waals surface area contributed by atoms with E-state index in [0.29, 0.717) is 5.76 Å². The standard InChI is InChI=1S/C6H6NO2/c1-5-2-6(3-7-8)9-4-5/h2-4,8H,1H2/b7-3-. The van der Waals surface area contributed by atoms with E-state index in [1.54, 1.807) is 6.07 Å². The third-order valence-electron chi connectivity index (χ3n) is 0.859. The number of oxime groups is 1. The van der Waals surface area contributed by atoms with Gasteiger partial charge in [-0.1, -0.05) is 5.16 Å². The summed E-state index contributed by atoms with van der Waals surface area (Å²) in [5.74, 6) is 0.502. The Hall–Kier alpha value is -1.25. The molecule has 0 aliphatic carbocycles. The molecule has 0 amide bonds. The highest BCUT2D eigenvalue weighted by atomic mass is 16.4. The predicted molar refractivity (Wildman–Crippen MR) is 32.5 cm³/mol. The van der Waals surface area contributed by atoms with Crippen LogP contribution in [-0.2, 0) is 0 Å². The number of hydrogen-bond acceptors (Lipinski definition) is 3. The minimum Gasteiger partial charge on any atom is -0.463 e. The minimum atomic E-state index is 0.502. The minimum absolute atomic E-state index is 0.502. The van der Waals surface area contributed by atoms with Gasteiger partial charge in [0.2, 0.25) is 0 Å². The van der Waals surface area contributed by atoms with Gasteiger partial charge in [-0.15, -0.1) is 0 Å². The first-order valence-corrected chi connectivity index (χ1v) is 2.41. The summed E-state index contributed by atoms with van der Waals surface area (Å²) in [6.45, 7) is 3.59. The van der Waals surface area contributed by atoms with E-state index in [1.807, 2.05) is 0 Å². The Morgan fingerprint density at radius 2 is 2.56 bits per heavy atom. The van der Waals surface area contributed by atoms with Gasteiger partial charge < -0.3 is 9.62 Å². The lowest BCUT2D eigenvalue weighted by Gasteiger charge is -1.74. The first-order chi connectivity index (χ1) is 4.33. The summed E-state index contributed by atoms with van der Waals surface area (Å²) < 4.78 is 4.83. The van der Waals surface area contributed by atoms with Crippen molar-refractivity contribution in [2.75, 3.05) is 0 Å². The Morgan fingerprint density at radius 1 is 1.78 bits per heavy atom. The van der Waals surface area contributed by atoms with Gasteiger partial charge in [0, 0.05) is 0 Å². The van der Waals surface area contributed by atoms with Crippen LogP contribution < -0.4 is 0 Å². The molecule has 0 fully saturated rings. The van der Waals surface area contributed by atoms with E-state index in [1.165, 1.54) is 12.5 Å². The van der Waals surface area contributed by atoms with Crippen molar-refractivity contribution in [3.63, 3.8) is 0 Å². The Kier molecular flexibility index (Phi) is 1.53. The van der Waals surface area contributed by atoms with Crippen molar-refractivity contribution in [2.24, 2.45) is 5.16 Å². The molecule has 0 atom stereocenters. The van der Waals surface area contributed by atoms with E-state index >= 15 is 0 Å². The van der Waals surface area contributed by atoms with Crippen LogP contribution in [0, 0.1) is 6.92 Å². The normalized spacial score (nSPS) is 10.8. The SMILES string of the molecule is [CH2]c1coc(/C=N\O)c1. The molecule has 3 heteroatoms. The molecular weight excluding hydrogens is 118 g/mol. The smallest absolute Gasteiger partial charge is 0.148 e. The number of nitrogens with zero attached hydrogens (tertiary/aromatic N) is 1. The molecule has 1 heterocycles. The molecule has 1 N–H and O–H groups in total. The lowest BCUT2D eigenvalue weighted by atomic mass is 10.3. The van der Waals surface area contributed by atoms with Crippen molar-refractivity contribution in [3.05, 3.63) is 30.6 Å². The van der Waals surface area contributed by atoms with Gasteiger partial charge in [0.1, 0.15) is 12.0 Å². The van der Waals surface area contributed by atoms with Crippen molar-refractivity contribution in [1.29, 1.82) is 0 Å². The van der Waals surface area contributed by atoms with Crippen LogP contribution in [0.1, 0.15) is 11.3 Å². The average Bonchev–Trinajstić information content (AvgIpc) is 2.17. The molecule has 1 aromatic rings. The van der Waals surface area contributed by atoms with Crippen LogP contribution in [0.4, 0.5) is 0 Å². The molecule has 9 heavy (non-hydrogen) atoms. The highest BCUT2D eigenvalue weighted by molar-refractivity contribution is 5.75. The third-order valence-corrected chi connectivity index (χ3v) is 0.859. The highest BCUT2D eigenvalue weighted by Crippen LogP contribution is 2.02. The maximum absolute atomic E-state index is 8.02. The summed E-state index contributed by atoms with van der Waals surface area (Å²) in [7, 11) is 0. The average molecular weight is 124 g/mol. The maximum Gasteiger partial charge on any atom is 0.148 e. The second kappa shape index (κ2) is 2.35. The third kappa shape index (κ3) is 1.32. The summed E-state index contributed by atoms with van der Waals surface area (Å²) in [5, 5.41) is 10.8. The van der Waals surface area contributed by atoms with Gasteiger partial charge in [-0.2, -0.15) is 0 Å². The Bertz CT molecular complexity index is 215. The van der Waals surface area contributed by atoms with Crippen LogP contribution in [0.5, 0.6) is 0 Å². The zero-order valence-electron chi connectivity index (χ0n) is 4.74. The van der Waals surface area contributed by atoms with E-state index in [9.17, 15) is 0 Å². The van der Waals surface area contributed by atoms with Gasteiger partial charge in [0.15, 0.2) is 0 Å². The van der Waals surface area contributed by atoms with E-state index in [4.69, 9.17) is 9.62 Å². The fraction of sp³-hybridized carbons (Fsp3) is 0. The molecule has 3 nitrogen and oxygen atoms in total. The lowest BCUT2D eigenvalue weighted by Crippen LogP contribution is -1.71. The van der Waals surface area contributed by atoms with Gasteiger partial charge in [-0.25, -0.2) is 0 Å². The van der Waals surface area contributed by atoms with Crippen molar-refractivity contribution in [3.8, 4) is 0 Å². The zero-order chi connectivity index (χ0) is 6.69. The van der Waals surface area contributed by atoms with Crippen LogP contribution in [0.25, 0.3) is 0 Å². The monoisotopic (exact) mass is 124 g/mol. The highest BCUT2D eigenvalue weighted by Gasteiger charge is 1.91. The quantitative estimate of drug-likeness (QED) is 0.348. The van der Waals surface area contributed by atoms with Crippen molar-refractivity contribution >= 4 is 6.21 Å². The van der Waals surface area contributed by atoms with E-state index in [0.717, 1.165) is 5.56 Å². The Labute approximate surface area is 52.6 Å². The molecule has 1 rings (SSSR count). The van der Waals surface area contributed by atoms with Crippen LogP contribution in [0.3, 0.4) is 0 Å². The molecule has 0 aliphatic heterocycles. The Balaban J connectivity index is 2.85. The molecule has 1 radical (unpaired) electrons. The summed E-state index contributed by atoms with van der Waals surface area (Å²) >= 11 is 0. The molecule has 0 aliphatic rings. The van der Waals surface area contributed by atoms with Gasteiger partial charge in [-0.05, 0) is 18.6 Å². The Morgan fingerprint density at radius 3 is 3.00 bits per heavy atom. The molecule has 0 aromatic carbocycles. The molecule has 0 spiro atoms. The molecule has 1 aromatic heterocycles. The fourth-order valence-electron chi connectivity index (χ4n) is 0.519. The second-order valence-corrected chi connectivity index (χ2v) is 1.60. The number of furan rings is 1. The van der Waals surface area contributed by atoms with E-state index < -0.39 is 0 Å². The van der Waals surface area contributed by atoms with Crippen molar-refractivity contribution in [1.82, 2.24) is 0 Å². The van der Waals surface area contributed by atoms with Crippen LogP contribution in [-0.4, -0.2) is 11.4 Å². The van der Waals surface area contributed by atoms with Crippen molar-refractivity contribution in [2.45, 2.75) is 0 Å². The first-order valence-electron chi connectivity index (χ1n) is 2.41. The largest absolute Gasteiger partial charge is 0.463 e.